The van der Waals surface area contributed by atoms with Gasteiger partial charge in [-0.15, -0.1) is 15.3 Å². The zero-order valence-corrected chi connectivity index (χ0v) is 24.8. The normalized spacial score (nSPS) is 14.6. The smallest absolute Gasteiger partial charge is 0.379 e. The second-order valence-corrected chi connectivity index (χ2v) is 11.1. The summed E-state index contributed by atoms with van der Waals surface area (Å²) in [5.74, 6) is 0.923. The maximum atomic E-state index is 13.6. The Morgan fingerprint density at radius 1 is 0.739 bits per heavy atom. The lowest BCUT2D eigenvalue weighted by molar-refractivity contribution is -0.143. The Hall–Kier alpha value is -4.27. The van der Waals surface area contributed by atoms with Gasteiger partial charge in [0.05, 0.1) is 44.0 Å². The second-order valence-electron chi connectivity index (χ2n) is 10.7. The minimum Gasteiger partial charge on any atom is -0.379 e. The second kappa shape index (κ2) is 12.9. The van der Waals surface area contributed by atoms with E-state index in [4.69, 9.17) is 16.3 Å². The number of nitrogens with zero attached hydrogens (tertiary/aromatic N) is 7. The molecule has 1 saturated heterocycles. The van der Waals surface area contributed by atoms with Gasteiger partial charge in [-0.2, -0.15) is 26.3 Å². The Morgan fingerprint density at radius 3 is 2.04 bits per heavy atom. The maximum absolute atomic E-state index is 13.6. The van der Waals surface area contributed by atoms with Crippen LogP contribution in [0.2, 0.25) is 5.02 Å². The van der Waals surface area contributed by atoms with Crippen LogP contribution in [-0.2, 0) is 36.7 Å². The summed E-state index contributed by atoms with van der Waals surface area (Å²) < 4.78 is 90.4. The van der Waals surface area contributed by atoms with Crippen LogP contribution in [0.15, 0.2) is 72.8 Å². The molecule has 240 valence electrons. The number of aromatic nitrogens is 6. The first-order chi connectivity index (χ1) is 22.0. The third-order valence-electron chi connectivity index (χ3n) is 7.56. The average Bonchev–Trinajstić information content (AvgIpc) is 3.61. The van der Waals surface area contributed by atoms with E-state index in [0.29, 0.717) is 72.9 Å². The van der Waals surface area contributed by atoms with E-state index in [1.807, 2.05) is 22.8 Å². The van der Waals surface area contributed by atoms with Gasteiger partial charge in [0, 0.05) is 23.7 Å². The molecule has 0 saturated carbocycles. The van der Waals surface area contributed by atoms with Gasteiger partial charge in [0.1, 0.15) is 11.5 Å². The van der Waals surface area contributed by atoms with Crippen LogP contribution < -0.4 is 0 Å². The summed E-state index contributed by atoms with van der Waals surface area (Å²) in [5.41, 5.74) is -1.11. The number of ether oxygens (including phenoxy) is 1. The number of benzene rings is 3. The van der Waals surface area contributed by atoms with Crippen molar-refractivity contribution in [3.8, 4) is 22.8 Å². The Bertz CT molecular complexity index is 1780. The van der Waals surface area contributed by atoms with Crippen LogP contribution >= 0.6 is 11.6 Å². The molecule has 0 bridgehead atoms. The highest BCUT2D eigenvalue weighted by Gasteiger charge is 2.37. The molecule has 3 heterocycles. The molecule has 1 aliphatic rings. The molecule has 15 heteroatoms. The quantitative estimate of drug-likeness (QED) is 0.170. The largest absolute Gasteiger partial charge is 0.416 e. The number of hydrogen-bond donors (Lipinski definition) is 0. The van der Waals surface area contributed by atoms with Crippen molar-refractivity contribution in [3.63, 3.8) is 0 Å². The van der Waals surface area contributed by atoms with E-state index in [-0.39, 0.29) is 23.9 Å². The summed E-state index contributed by atoms with van der Waals surface area (Å²) in [5, 5.41) is 18.1. The van der Waals surface area contributed by atoms with Crippen LogP contribution in [0.3, 0.4) is 0 Å². The van der Waals surface area contributed by atoms with Crippen molar-refractivity contribution in [1.82, 2.24) is 34.7 Å². The maximum Gasteiger partial charge on any atom is 0.416 e. The van der Waals surface area contributed by atoms with E-state index in [9.17, 15) is 26.3 Å². The third-order valence-corrected chi connectivity index (χ3v) is 7.93. The molecule has 0 atom stereocenters. The van der Waals surface area contributed by atoms with Gasteiger partial charge < -0.3 is 9.30 Å². The minimum atomic E-state index is -4.99. The van der Waals surface area contributed by atoms with Gasteiger partial charge in [0.25, 0.3) is 0 Å². The van der Waals surface area contributed by atoms with Gasteiger partial charge in [0.2, 0.25) is 0 Å². The predicted molar refractivity (Wildman–Crippen MR) is 157 cm³/mol. The van der Waals surface area contributed by atoms with Gasteiger partial charge in [-0.25, -0.2) is 4.68 Å². The fourth-order valence-corrected chi connectivity index (χ4v) is 5.48. The number of alkyl halides is 6. The molecular weight excluding hydrogens is 636 g/mol. The lowest BCUT2D eigenvalue weighted by atomic mass is 10.0. The first-order valence-corrected chi connectivity index (χ1v) is 14.6. The fourth-order valence-electron chi connectivity index (χ4n) is 5.29. The first kappa shape index (κ1) is 31.7. The molecule has 2 aromatic heterocycles. The van der Waals surface area contributed by atoms with E-state index in [1.54, 1.807) is 36.4 Å². The highest BCUT2D eigenvalue weighted by molar-refractivity contribution is 6.31. The van der Waals surface area contributed by atoms with Crippen molar-refractivity contribution in [2.24, 2.45) is 0 Å². The minimum absolute atomic E-state index is 0.0988. The van der Waals surface area contributed by atoms with Crippen molar-refractivity contribution in [2.75, 3.05) is 26.3 Å². The lowest BCUT2D eigenvalue weighted by Crippen LogP contribution is -2.36. The molecular formula is C31H26ClF6N7O. The van der Waals surface area contributed by atoms with E-state index in [2.05, 4.69) is 25.4 Å². The monoisotopic (exact) mass is 661 g/mol. The number of halogens is 7. The zero-order chi connectivity index (χ0) is 32.5. The standard InChI is InChI=1S/C31H26ClF6N7O/c32-25-9-5-4-8-22(25)18-44-26(19-43-10-12-46-13-11-43)39-41-29(44)27-28(21-6-2-1-3-7-21)45(42-40-27)17-20-14-23(30(33,34)35)16-24(15-20)31(36,37)38/h1-9,14-16H,10-13,17-19H2. The SMILES string of the molecule is FC(F)(F)c1cc(Cn2nnc(-c3nnc(CN4CCOCC4)n3Cc3ccccc3Cl)c2-c2ccccc2)cc(C(F)(F)F)c1. The predicted octanol–water partition coefficient (Wildman–Crippen LogP) is 6.82. The van der Waals surface area contributed by atoms with Crippen LogP contribution in [0, 0.1) is 0 Å². The summed E-state index contributed by atoms with van der Waals surface area (Å²) in [6.07, 6.45) is -9.98. The van der Waals surface area contributed by atoms with Gasteiger partial charge in [0.15, 0.2) is 11.5 Å². The summed E-state index contributed by atoms with van der Waals surface area (Å²) >= 11 is 6.52. The average molecular weight is 662 g/mol. The highest BCUT2D eigenvalue weighted by Crippen LogP contribution is 2.37. The first-order valence-electron chi connectivity index (χ1n) is 14.2. The number of morpholine rings is 1. The third kappa shape index (κ3) is 6.93. The molecule has 3 aromatic carbocycles. The molecule has 0 unspecified atom stereocenters. The zero-order valence-electron chi connectivity index (χ0n) is 24.1. The van der Waals surface area contributed by atoms with Crippen molar-refractivity contribution in [1.29, 1.82) is 0 Å². The van der Waals surface area contributed by atoms with Gasteiger partial charge >= 0.3 is 12.4 Å². The van der Waals surface area contributed by atoms with Crippen molar-refractivity contribution < 1.29 is 31.1 Å². The Morgan fingerprint density at radius 2 is 1.39 bits per heavy atom. The van der Waals surface area contributed by atoms with Crippen molar-refractivity contribution in [3.05, 3.63) is 106 Å². The molecule has 0 aliphatic carbocycles. The molecule has 0 radical (unpaired) electrons. The molecule has 0 amide bonds. The molecule has 1 aliphatic heterocycles. The molecule has 5 aromatic rings. The van der Waals surface area contributed by atoms with Crippen molar-refractivity contribution >= 4 is 11.6 Å². The van der Waals surface area contributed by atoms with Crippen LogP contribution in [-0.4, -0.2) is 61.0 Å². The molecule has 6 rings (SSSR count). The molecule has 1 fully saturated rings. The van der Waals surface area contributed by atoms with E-state index >= 15 is 0 Å². The summed E-state index contributed by atoms with van der Waals surface area (Å²) in [7, 11) is 0. The number of hydrogen-bond acceptors (Lipinski definition) is 6. The van der Waals surface area contributed by atoms with Crippen LogP contribution in [0.4, 0.5) is 26.3 Å². The summed E-state index contributed by atoms with van der Waals surface area (Å²) in [6.45, 7) is 2.81. The Kier molecular flexibility index (Phi) is 8.86. The van der Waals surface area contributed by atoms with E-state index in [1.165, 1.54) is 4.68 Å². The fraction of sp³-hybridized carbons (Fsp3) is 0.290. The van der Waals surface area contributed by atoms with Crippen LogP contribution in [0.5, 0.6) is 0 Å². The number of rotatable bonds is 8. The van der Waals surface area contributed by atoms with E-state index in [0.717, 1.165) is 5.56 Å². The Labute approximate surface area is 264 Å². The van der Waals surface area contributed by atoms with Gasteiger partial charge in [-0.1, -0.05) is 65.3 Å². The highest BCUT2D eigenvalue weighted by atomic mass is 35.5. The van der Waals surface area contributed by atoms with Crippen LogP contribution in [0.1, 0.15) is 28.1 Å². The van der Waals surface area contributed by atoms with Gasteiger partial charge in [-0.05, 0) is 35.4 Å². The molecule has 0 N–H and O–H groups in total. The topological polar surface area (TPSA) is 73.9 Å². The van der Waals surface area contributed by atoms with Crippen molar-refractivity contribution in [2.45, 2.75) is 32.0 Å². The summed E-state index contributed by atoms with van der Waals surface area (Å²) in [6, 6.07) is 17.5. The van der Waals surface area contributed by atoms with Crippen LogP contribution in [0.25, 0.3) is 22.8 Å². The lowest BCUT2D eigenvalue weighted by Gasteiger charge is -2.26. The molecule has 46 heavy (non-hydrogen) atoms. The van der Waals surface area contributed by atoms with E-state index < -0.39 is 30.0 Å². The molecule has 0 spiro atoms. The Balaban J connectivity index is 1.47. The van der Waals surface area contributed by atoms with Gasteiger partial charge in [-0.3, -0.25) is 4.90 Å². The molecule has 8 nitrogen and oxygen atoms in total. The summed E-state index contributed by atoms with van der Waals surface area (Å²) in [4.78, 5) is 2.17.